The van der Waals surface area contributed by atoms with Crippen LogP contribution in [0.4, 0.5) is 0 Å². The minimum atomic E-state index is 0.674. The van der Waals surface area contributed by atoms with Gasteiger partial charge in [-0.05, 0) is 18.4 Å². The van der Waals surface area contributed by atoms with Crippen LogP contribution in [0.2, 0.25) is 0 Å². The number of nitrogens with zero attached hydrogens (tertiary/aromatic N) is 1. The Labute approximate surface area is 114 Å². The summed E-state index contributed by atoms with van der Waals surface area (Å²) in [6, 6.07) is 12.7. The lowest BCUT2D eigenvalue weighted by Gasteiger charge is -2.04. The molecule has 0 bridgehead atoms. The second-order valence-corrected chi connectivity index (χ2v) is 5.22. The van der Waals surface area contributed by atoms with Crippen molar-refractivity contribution >= 4 is 11.8 Å². The third-order valence-electron chi connectivity index (χ3n) is 2.56. The summed E-state index contributed by atoms with van der Waals surface area (Å²) in [6.45, 7) is 1.66. The van der Waals surface area contributed by atoms with Crippen molar-refractivity contribution in [3.63, 3.8) is 0 Å². The van der Waals surface area contributed by atoms with E-state index in [0.29, 0.717) is 6.42 Å². The zero-order chi connectivity index (χ0) is 12.9. The summed E-state index contributed by atoms with van der Waals surface area (Å²) < 4.78 is 5.55. The molecule has 18 heavy (non-hydrogen) atoms. The summed E-state index contributed by atoms with van der Waals surface area (Å²) in [4.78, 5) is 0. The molecule has 0 aliphatic rings. The third-order valence-corrected chi connectivity index (χ3v) is 3.55. The minimum Gasteiger partial charge on any atom is -0.381 e. The van der Waals surface area contributed by atoms with Gasteiger partial charge in [-0.3, -0.25) is 0 Å². The molecule has 0 N–H and O–H groups in total. The molecule has 98 valence electrons. The first-order chi connectivity index (χ1) is 8.93. The monoisotopic (exact) mass is 263 g/mol. The lowest BCUT2D eigenvalue weighted by atomic mass is 10.2. The second kappa shape index (κ2) is 11.1. The molecule has 0 saturated carbocycles. The molecule has 2 nitrogen and oxygen atoms in total. The normalized spacial score (nSPS) is 10.2. The summed E-state index contributed by atoms with van der Waals surface area (Å²) in [7, 11) is 0. The number of ether oxygens (including phenoxy) is 1. The van der Waals surface area contributed by atoms with Gasteiger partial charge in [0.25, 0.3) is 0 Å². The molecule has 0 radical (unpaired) electrons. The van der Waals surface area contributed by atoms with E-state index in [1.54, 1.807) is 0 Å². The molecule has 0 spiro atoms. The Morgan fingerprint density at radius 1 is 1.06 bits per heavy atom. The molecule has 0 fully saturated rings. The van der Waals surface area contributed by atoms with Gasteiger partial charge in [0.15, 0.2) is 0 Å². The fourth-order valence-corrected chi connectivity index (χ4v) is 2.38. The van der Waals surface area contributed by atoms with Gasteiger partial charge in [0, 0.05) is 24.5 Å². The second-order valence-electron chi connectivity index (χ2n) is 4.12. The highest BCUT2D eigenvalue weighted by molar-refractivity contribution is 7.98. The molecular weight excluding hydrogens is 242 g/mol. The molecule has 0 saturated heterocycles. The van der Waals surface area contributed by atoms with Crippen molar-refractivity contribution in [2.45, 2.75) is 31.4 Å². The van der Waals surface area contributed by atoms with E-state index in [1.165, 1.54) is 5.56 Å². The van der Waals surface area contributed by atoms with E-state index in [0.717, 1.165) is 44.0 Å². The maximum atomic E-state index is 8.38. The van der Waals surface area contributed by atoms with Crippen LogP contribution in [0.1, 0.15) is 31.2 Å². The van der Waals surface area contributed by atoms with Crippen LogP contribution in [-0.2, 0) is 10.5 Å². The predicted molar refractivity (Wildman–Crippen MR) is 77.5 cm³/mol. The number of benzene rings is 1. The van der Waals surface area contributed by atoms with E-state index in [9.17, 15) is 0 Å². The van der Waals surface area contributed by atoms with Gasteiger partial charge in [-0.1, -0.05) is 36.8 Å². The van der Waals surface area contributed by atoms with Gasteiger partial charge in [-0.2, -0.15) is 17.0 Å². The van der Waals surface area contributed by atoms with Gasteiger partial charge in [-0.25, -0.2) is 0 Å². The van der Waals surface area contributed by atoms with Gasteiger partial charge in [0.1, 0.15) is 0 Å². The van der Waals surface area contributed by atoms with Crippen molar-refractivity contribution in [1.29, 1.82) is 5.26 Å². The Morgan fingerprint density at radius 3 is 2.67 bits per heavy atom. The summed E-state index contributed by atoms with van der Waals surface area (Å²) >= 11 is 1.91. The fraction of sp³-hybridized carbons (Fsp3) is 0.533. The Bertz CT molecular complexity index is 334. The summed E-state index contributed by atoms with van der Waals surface area (Å²) in [5.74, 6) is 2.11. The highest BCUT2D eigenvalue weighted by atomic mass is 32.2. The highest BCUT2D eigenvalue weighted by Gasteiger charge is 1.94. The van der Waals surface area contributed by atoms with Crippen LogP contribution < -0.4 is 0 Å². The van der Waals surface area contributed by atoms with Crippen LogP contribution in [-0.4, -0.2) is 19.0 Å². The van der Waals surface area contributed by atoms with Gasteiger partial charge in [0.05, 0.1) is 12.7 Å². The van der Waals surface area contributed by atoms with Gasteiger partial charge >= 0.3 is 0 Å². The number of hydrogen-bond acceptors (Lipinski definition) is 3. The first-order valence-electron chi connectivity index (χ1n) is 6.50. The number of rotatable bonds is 10. The standard InChI is InChI=1S/C15H21NOS/c16-10-6-1-2-7-11-17-12-13-18-14-15-8-4-3-5-9-15/h3-5,8-9H,1-2,6-7,11-14H2. The van der Waals surface area contributed by atoms with Gasteiger partial charge < -0.3 is 4.74 Å². The number of hydrogen-bond donors (Lipinski definition) is 0. The molecule has 3 heteroatoms. The van der Waals surface area contributed by atoms with Crippen molar-refractivity contribution in [3.8, 4) is 6.07 Å². The van der Waals surface area contributed by atoms with Crippen molar-refractivity contribution < 1.29 is 4.74 Å². The zero-order valence-electron chi connectivity index (χ0n) is 10.8. The molecule has 0 atom stereocenters. The first-order valence-corrected chi connectivity index (χ1v) is 7.65. The average molecular weight is 263 g/mol. The van der Waals surface area contributed by atoms with E-state index in [-0.39, 0.29) is 0 Å². The number of thioether (sulfide) groups is 1. The SMILES string of the molecule is N#CCCCCCOCCSCc1ccccc1. The first kappa shape index (κ1) is 15.1. The number of nitriles is 1. The van der Waals surface area contributed by atoms with Gasteiger partial charge in [0.2, 0.25) is 0 Å². The molecule has 1 rings (SSSR count). The fourth-order valence-electron chi connectivity index (χ4n) is 1.57. The van der Waals surface area contributed by atoms with Crippen molar-refractivity contribution in [2.75, 3.05) is 19.0 Å². The maximum absolute atomic E-state index is 8.38. The average Bonchev–Trinajstić information content (AvgIpc) is 2.42. The predicted octanol–water partition coefficient (Wildman–Crippen LogP) is 4.02. The Hall–Kier alpha value is -0.980. The molecule has 1 aromatic carbocycles. The summed E-state index contributed by atoms with van der Waals surface area (Å²) in [6.07, 6.45) is 3.85. The molecule has 0 aromatic heterocycles. The van der Waals surface area contributed by atoms with Crippen LogP contribution in [0.5, 0.6) is 0 Å². The van der Waals surface area contributed by atoms with Crippen LogP contribution in [0.25, 0.3) is 0 Å². The molecule has 1 aromatic rings. The Balaban J connectivity index is 1.83. The van der Waals surface area contributed by atoms with Crippen LogP contribution >= 0.6 is 11.8 Å². The largest absolute Gasteiger partial charge is 0.381 e. The molecule has 0 heterocycles. The quantitative estimate of drug-likeness (QED) is 0.598. The lowest BCUT2D eigenvalue weighted by Crippen LogP contribution is -1.99. The van der Waals surface area contributed by atoms with E-state index in [2.05, 4.69) is 30.3 Å². The van der Waals surface area contributed by atoms with Crippen LogP contribution in [0.15, 0.2) is 30.3 Å². The van der Waals surface area contributed by atoms with Crippen molar-refractivity contribution in [3.05, 3.63) is 35.9 Å². The van der Waals surface area contributed by atoms with Crippen molar-refractivity contribution in [1.82, 2.24) is 0 Å². The maximum Gasteiger partial charge on any atom is 0.0621 e. The number of unbranched alkanes of at least 4 members (excludes halogenated alkanes) is 3. The molecular formula is C15H21NOS. The molecule has 0 amide bonds. The minimum absolute atomic E-state index is 0.674. The molecule has 0 unspecified atom stereocenters. The highest BCUT2D eigenvalue weighted by Crippen LogP contribution is 2.11. The molecule has 0 aliphatic heterocycles. The Kier molecular flexibility index (Phi) is 9.32. The molecule has 0 aliphatic carbocycles. The topological polar surface area (TPSA) is 33.0 Å². The lowest BCUT2D eigenvalue weighted by molar-refractivity contribution is 0.145. The van der Waals surface area contributed by atoms with E-state index >= 15 is 0 Å². The van der Waals surface area contributed by atoms with E-state index in [4.69, 9.17) is 10.00 Å². The van der Waals surface area contributed by atoms with E-state index in [1.807, 2.05) is 17.8 Å². The zero-order valence-corrected chi connectivity index (χ0v) is 11.6. The Morgan fingerprint density at radius 2 is 1.89 bits per heavy atom. The van der Waals surface area contributed by atoms with E-state index < -0.39 is 0 Å². The van der Waals surface area contributed by atoms with Crippen molar-refractivity contribution in [2.24, 2.45) is 0 Å². The summed E-state index contributed by atoms with van der Waals surface area (Å²) in [5, 5.41) is 8.38. The smallest absolute Gasteiger partial charge is 0.0621 e. The third kappa shape index (κ3) is 8.16. The summed E-state index contributed by atoms with van der Waals surface area (Å²) in [5.41, 5.74) is 1.37. The van der Waals surface area contributed by atoms with Crippen LogP contribution in [0, 0.1) is 11.3 Å². The van der Waals surface area contributed by atoms with Crippen LogP contribution in [0.3, 0.4) is 0 Å². The van der Waals surface area contributed by atoms with Gasteiger partial charge in [-0.15, -0.1) is 0 Å².